The second-order valence-electron chi connectivity index (χ2n) is 4.39. The van der Waals surface area contributed by atoms with E-state index in [2.05, 4.69) is 34.5 Å². The van der Waals surface area contributed by atoms with Crippen LogP contribution in [-0.2, 0) is 0 Å². The van der Waals surface area contributed by atoms with Crippen LogP contribution in [0.4, 0.5) is 0 Å². The minimum absolute atomic E-state index is 0.551. The van der Waals surface area contributed by atoms with Crippen molar-refractivity contribution in [2.45, 2.75) is 65.4 Å². The van der Waals surface area contributed by atoms with E-state index in [-0.39, 0.29) is 0 Å². The minimum atomic E-state index is 0.551. The molecule has 0 saturated carbocycles. The molecule has 0 fully saturated rings. The molecule has 0 N–H and O–H groups in total. The molecule has 0 atom stereocenters. The van der Waals surface area contributed by atoms with E-state index in [1.807, 2.05) is 0 Å². The molecule has 0 aliphatic rings. The Bertz CT molecular complexity index is 97.0. The topological polar surface area (TPSA) is 0 Å². The lowest BCUT2D eigenvalue weighted by Gasteiger charge is -2.28. The summed E-state index contributed by atoms with van der Waals surface area (Å²) in [5.41, 5.74) is 0. The first-order chi connectivity index (χ1) is 5.04. The van der Waals surface area contributed by atoms with Gasteiger partial charge in [0.1, 0.15) is 6.71 Å². The van der Waals surface area contributed by atoms with E-state index in [0.29, 0.717) is 5.31 Å². The lowest BCUT2D eigenvalue weighted by atomic mass is 9.33. The fraction of sp³-hybridized carbons (Fsp3) is 1.00. The van der Waals surface area contributed by atoms with Gasteiger partial charge in [0, 0.05) is 0 Å². The fourth-order valence-corrected chi connectivity index (χ4v) is 1.25. The van der Waals surface area contributed by atoms with Gasteiger partial charge in [0.2, 0.25) is 0 Å². The van der Waals surface area contributed by atoms with Gasteiger partial charge < -0.3 is 0 Å². The van der Waals surface area contributed by atoms with E-state index in [9.17, 15) is 0 Å². The summed E-state index contributed by atoms with van der Waals surface area (Å²) in [5, 5.41) is 0.551. The summed E-state index contributed by atoms with van der Waals surface area (Å²) in [4.78, 5) is 0. The summed E-state index contributed by atoms with van der Waals surface area (Å²) in [6, 6.07) is 0. The predicted octanol–water partition coefficient (Wildman–Crippen LogP) is 4.10. The van der Waals surface area contributed by atoms with Crippen molar-refractivity contribution in [1.29, 1.82) is 0 Å². The average molecular weight is 154 g/mol. The fourth-order valence-electron chi connectivity index (χ4n) is 1.25. The number of unbranched alkanes of at least 4 members (excludes halogenated alkanes) is 1. The van der Waals surface area contributed by atoms with Gasteiger partial charge in [-0.05, 0) is 0 Å². The van der Waals surface area contributed by atoms with Gasteiger partial charge in [-0.1, -0.05) is 65.4 Å². The molecular formula is C10H23B. The standard InChI is InChI=1S/C10H23B/c1-6-8-9-11(5)10(3,4)7-2/h6-9H2,1-5H3. The van der Waals surface area contributed by atoms with E-state index < -0.39 is 0 Å². The second-order valence-corrected chi connectivity index (χ2v) is 4.39. The van der Waals surface area contributed by atoms with E-state index >= 15 is 0 Å². The molecule has 66 valence electrons. The van der Waals surface area contributed by atoms with Crippen LogP contribution in [0.5, 0.6) is 0 Å². The van der Waals surface area contributed by atoms with Crippen molar-refractivity contribution in [2.75, 3.05) is 0 Å². The first-order valence-corrected chi connectivity index (χ1v) is 5.04. The third-order valence-electron chi connectivity index (χ3n) is 3.24. The van der Waals surface area contributed by atoms with Crippen molar-refractivity contribution >= 4 is 6.71 Å². The highest BCUT2D eigenvalue weighted by molar-refractivity contribution is 6.60. The highest BCUT2D eigenvalue weighted by Crippen LogP contribution is 2.34. The van der Waals surface area contributed by atoms with Gasteiger partial charge in [-0.3, -0.25) is 0 Å². The maximum Gasteiger partial charge on any atom is 0.142 e. The van der Waals surface area contributed by atoms with E-state index in [1.165, 1.54) is 25.6 Å². The first kappa shape index (κ1) is 11.1. The molecule has 0 aliphatic carbocycles. The lowest BCUT2D eigenvalue weighted by molar-refractivity contribution is 0.625. The van der Waals surface area contributed by atoms with Crippen LogP contribution in [0.2, 0.25) is 18.5 Å². The van der Waals surface area contributed by atoms with Crippen LogP contribution < -0.4 is 0 Å². The molecule has 0 aromatic carbocycles. The molecule has 0 saturated heterocycles. The summed E-state index contributed by atoms with van der Waals surface area (Å²) >= 11 is 0. The Morgan fingerprint density at radius 2 is 1.73 bits per heavy atom. The Morgan fingerprint density at radius 1 is 1.18 bits per heavy atom. The minimum Gasteiger partial charge on any atom is -0.0857 e. The van der Waals surface area contributed by atoms with Gasteiger partial charge in [-0.2, -0.15) is 0 Å². The Balaban J connectivity index is 3.71. The zero-order valence-corrected chi connectivity index (χ0v) is 8.91. The van der Waals surface area contributed by atoms with Crippen molar-refractivity contribution in [3.8, 4) is 0 Å². The number of hydrogen-bond donors (Lipinski definition) is 0. The normalized spacial score (nSPS) is 11.7. The lowest BCUT2D eigenvalue weighted by Crippen LogP contribution is -2.23. The largest absolute Gasteiger partial charge is 0.142 e. The van der Waals surface area contributed by atoms with Crippen LogP contribution in [0.3, 0.4) is 0 Å². The van der Waals surface area contributed by atoms with Crippen molar-refractivity contribution in [3.63, 3.8) is 0 Å². The van der Waals surface area contributed by atoms with Gasteiger partial charge in [-0.25, -0.2) is 0 Å². The maximum absolute atomic E-state index is 2.39. The Labute approximate surface area is 72.8 Å². The smallest absolute Gasteiger partial charge is 0.0857 e. The molecule has 11 heavy (non-hydrogen) atoms. The van der Waals surface area contributed by atoms with E-state index in [4.69, 9.17) is 0 Å². The van der Waals surface area contributed by atoms with Gasteiger partial charge in [0.15, 0.2) is 0 Å². The summed E-state index contributed by atoms with van der Waals surface area (Å²) in [7, 11) is 0. The number of hydrogen-bond acceptors (Lipinski definition) is 0. The second kappa shape index (κ2) is 4.85. The quantitative estimate of drug-likeness (QED) is 0.523. The molecule has 0 nitrogen and oxygen atoms in total. The monoisotopic (exact) mass is 154 g/mol. The molecule has 0 aromatic heterocycles. The summed E-state index contributed by atoms with van der Waals surface area (Å²) in [5.74, 6) is 0. The Hall–Kier alpha value is 0.0649. The van der Waals surface area contributed by atoms with Crippen LogP contribution in [0.25, 0.3) is 0 Å². The molecule has 1 heteroatoms. The summed E-state index contributed by atoms with van der Waals surface area (Å²) < 4.78 is 0. The van der Waals surface area contributed by atoms with Crippen molar-refractivity contribution in [1.82, 2.24) is 0 Å². The Morgan fingerprint density at radius 3 is 2.09 bits per heavy atom. The van der Waals surface area contributed by atoms with Crippen LogP contribution in [0.1, 0.15) is 47.0 Å². The molecule has 0 aromatic rings. The van der Waals surface area contributed by atoms with Gasteiger partial charge in [0.05, 0.1) is 0 Å². The third-order valence-corrected chi connectivity index (χ3v) is 3.24. The highest BCUT2D eigenvalue weighted by atomic mass is 14.1. The maximum atomic E-state index is 2.39. The number of rotatable bonds is 5. The summed E-state index contributed by atoms with van der Waals surface area (Å²) in [6.07, 6.45) is 5.43. The predicted molar refractivity (Wildman–Crippen MR) is 55.7 cm³/mol. The highest BCUT2D eigenvalue weighted by Gasteiger charge is 2.25. The van der Waals surface area contributed by atoms with Crippen LogP contribution in [0.15, 0.2) is 0 Å². The van der Waals surface area contributed by atoms with Crippen LogP contribution >= 0.6 is 0 Å². The molecule has 0 unspecified atom stereocenters. The molecule has 0 spiro atoms. The molecule has 0 radical (unpaired) electrons. The zero-order valence-electron chi connectivity index (χ0n) is 8.91. The van der Waals surface area contributed by atoms with Gasteiger partial charge >= 0.3 is 0 Å². The van der Waals surface area contributed by atoms with E-state index in [1.54, 1.807) is 0 Å². The average Bonchev–Trinajstić information content (AvgIpc) is 2.00. The van der Waals surface area contributed by atoms with Crippen LogP contribution in [-0.4, -0.2) is 6.71 Å². The third kappa shape index (κ3) is 3.84. The van der Waals surface area contributed by atoms with Crippen molar-refractivity contribution in [2.24, 2.45) is 0 Å². The van der Waals surface area contributed by atoms with Gasteiger partial charge in [0.25, 0.3) is 0 Å². The zero-order chi connectivity index (χ0) is 8.91. The SMILES string of the molecule is CCCCB(C)C(C)(C)CC. The molecular weight excluding hydrogens is 131 g/mol. The van der Waals surface area contributed by atoms with Crippen LogP contribution in [0, 0.1) is 0 Å². The molecule has 0 bridgehead atoms. The Kier molecular flexibility index (Phi) is 4.87. The molecule has 0 amide bonds. The van der Waals surface area contributed by atoms with Crippen molar-refractivity contribution in [3.05, 3.63) is 0 Å². The van der Waals surface area contributed by atoms with Gasteiger partial charge in [-0.15, -0.1) is 0 Å². The molecule has 0 aliphatic heterocycles. The molecule has 0 rings (SSSR count). The summed E-state index contributed by atoms with van der Waals surface area (Å²) in [6.45, 7) is 12.6. The van der Waals surface area contributed by atoms with Crippen molar-refractivity contribution < 1.29 is 0 Å². The van der Waals surface area contributed by atoms with E-state index in [0.717, 1.165) is 6.71 Å². The molecule has 0 heterocycles. The first-order valence-electron chi connectivity index (χ1n) is 5.04.